The van der Waals surface area contributed by atoms with Gasteiger partial charge in [0, 0.05) is 12.8 Å². The van der Waals surface area contributed by atoms with Crippen LogP contribution in [0.4, 0.5) is 0 Å². The molecule has 0 aliphatic heterocycles. The van der Waals surface area contributed by atoms with Gasteiger partial charge in [-0.1, -0.05) is 336 Å². The number of allylic oxidation sites excluding steroid dienone is 14. The highest BCUT2D eigenvalue weighted by Gasteiger charge is 2.16. The van der Waals surface area contributed by atoms with Crippen LogP contribution >= 0.6 is 0 Å². The number of aliphatic hydroxyl groups is 1. The summed E-state index contributed by atoms with van der Waals surface area (Å²) in [7, 11) is 0. The van der Waals surface area contributed by atoms with Gasteiger partial charge in [-0.15, -0.1) is 0 Å². The van der Waals surface area contributed by atoms with E-state index >= 15 is 0 Å². The minimum absolute atomic E-state index is 0.0615. The van der Waals surface area contributed by atoms with Gasteiger partial charge >= 0.3 is 11.9 Å². The Labute approximate surface area is 473 Å². The van der Waals surface area contributed by atoms with Crippen molar-refractivity contribution >= 4 is 11.9 Å². The second-order valence-corrected chi connectivity index (χ2v) is 22.2. The first-order valence-corrected chi connectivity index (χ1v) is 33.1. The summed E-state index contributed by atoms with van der Waals surface area (Å²) in [5.74, 6) is -0.572. The Morgan fingerprint density at radius 3 is 0.855 bits per heavy atom. The summed E-state index contributed by atoms with van der Waals surface area (Å²) < 4.78 is 10.7. The molecular formula is C71H126O5. The van der Waals surface area contributed by atoms with E-state index in [9.17, 15) is 14.7 Å². The molecule has 0 heterocycles. The fourth-order valence-corrected chi connectivity index (χ4v) is 9.78. The number of hydrogen-bond donors (Lipinski definition) is 1. The molecule has 76 heavy (non-hydrogen) atoms. The molecule has 0 radical (unpaired) electrons. The first-order chi connectivity index (χ1) is 37.6. The number of rotatable bonds is 61. The second-order valence-electron chi connectivity index (χ2n) is 22.2. The Balaban J connectivity index is 3.44. The number of aliphatic hydroxyl groups excluding tert-OH is 1. The molecule has 0 fully saturated rings. The zero-order valence-corrected chi connectivity index (χ0v) is 50.5. The fraction of sp³-hybridized carbons (Fsp3) is 0.775. The summed E-state index contributed by atoms with van der Waals surface area (Å²) in [5.41, 5.74) is 0. The minimum Gasteiger partial charge on any atom is -0.462 e. The number of unbranched alkanes of at least 4 members (excludes halogenated alkanes) is 39. The highest BCUT2D eigenvalue weighted by atomic mass is 16.6. The van der Waals surface area contributed by atoms with Crippen molar-refractivity contribution in [1.82, 2.24) is 0 Å². The average Bonchev–Trinajstić information content (AvgIpc) is 3.42. The highest BCUT2D eigenvalue weighted by molar-refractivity contribution is 5.70. The van der Waals surface area contributed by atoms with Crippen molar-refractivity contribution in [1.29, 1.82) is 0 Å². The quantitative estimate of drug-likeness (QED) is 0.0373. The van der Waals surface area contributed by atoms with E-state index in [-0.39, 0.29) is 25.2 Å². The Hall–Kier alpha value is -2.92. The first kappa shape index (κ1) is 73.1. The molecule has 0 saturated heterocycles. The Morgan fingerprint density at radius 1 is 0.316 bits per heavy atom. The standard InChI is InChI=1S/C71H126O5/c1-3-5-7-9-11-13-15-17-19-21-23-25-26-27-28-29-30-31-32-33-34-35-36-37-38-39-40-41-42-43-44-46-48-50-52-54-56-58-60-62-64-66-71(74)76-69(67-72)68-75-70(73)65-63-61-59-57-55-53-51-49-47-45-24-22-20-18-16-14-12-10-8-6-4-2/h5,7,11,13,17,19,23,25,27-28,30-31,33-34,69,72H,3-4,6,8-10,12,14-16,18,20-22,24,26,29,32,35-68H2,1-2H3/b7-5-,13-11-,19-17-,25-23-,28-27-,31-30-,34-33-. The summed E-state index contributed by atoms with van der Waals surface area (Å²) in [4.78, 5) is 24.6. The molecule has 0 bridgehead atoms. The third kappa shape index (κ3) is 63.6. The number of carbonyl (C=O) groups is 2. The van der Waals surface area contributed by atoms with Crippen molar-refractivity contribution in [2.24, 2.45) is 0 Å². The van der Waals surface area contributed by atoms with Crippen LogP contribution < -0.4 is 0 Å². The lowest BCUT2D eigenvalue weighted by molar-refractivity contribution is -0.161. The van der Waals surface area contributed by atoms with Gasteiger partial charge in [-0.05, 0) is 70.6 Å². The van der Waals surface area contributed by atoms with Crippen molar-refractivity contribution in [3.05, 3.63) is 85.1 Å². The lowest BCUT2D eigenvalue weighted by Crippen LogP contribution is -2.28. The molecule has 0 amide bonds. The van der Waals surface area contributed by atoms with Gasteiger partial charge < -0.3 is 14.6 Å². The Morgan fingerprint density at radius 2 is 0.566 bits per heavy atom. The van der Waals surface area contributed by atoms with Gasteiger partial charge in [0.05, 0.1) is 6.61 Å². The van der Waals surface area contributed by atoms with Crippen molar-refractivity contribution in [2.45, 2.75) is 341 Å². The zero-order chi connectivity index (χ0) is 54.8. The topological polar surface area (TPSA) is 72.8 Å². The van der Waals surface area contributed by atoms with Gasteiger partial charge in [-0.25, -0.2) is 0 Å². The van der Waals surface area contributed by atoms with Crippen molar-refractivity contribution < 1.29 is 24.2 Å². The van der Waals surface area contributed by atoms with E-state index in [2.05, 4.69) is 98.9 Å². The van der Waals surface area contributed by atoms with E-state index in [1.165, 1.54) is 231 Å². The van der Waals surface area contributed by atoms with Gasteiger partial charge in [0.1, 0.15) is 6.61 Å². The molecule has 5 nitrogen and oxygen atoms in total. The lowest BCUT2D eigenvalue weighted by Gasteiger charge is -2.15. The molecule has 0 rings (SSSR count). The average molecular weight is 1060 g/mol. The Kier molecular flexibility index (Phi) is 63.8. The molecule has 0 aromatic rings. The van der Waals surface area contributed by atoms with E-state index in [1.54, 1.807) is 0 Å². The monoisotopic (exact) mass is 1060 g/mol. The van der Waals surface area contributed by atoms with Crippen LogP contribution in [0.3, 0.4) is 0 Å². The fourth-order valence-electron chi connectivity index (χ4n) is 9.78. The van der Waals surface area contributed by atoms with Crippen LogP contribution in [-0.2, 0) is 19.1 Å². The van der Waals surface area contributed by atoms with Gasteiger partial charge in [0.25, 0.3) is 0 Å². The number of carbonyl (C=O) groups excluding carboxylic acids is 2. The molecule has 1 unspecified atom stereocenters. The highest BCUT2D eigenvalue weighted by Crippen LogP contribution is 2.18. The molecule has 5 heteroatoms. The predicted octanol–water partition coefficient (Wildman–Crippen LogP) is 22.9. The van der Waals surface area contributed by atoms with Gasteiger partial charge in [-0.3, -0.25) is 9.59 Å². The Bertz CT molecular complexity index is 1380. The largest absolute Gasteiger partial charge is 0.462 e. The molecule has 1 atom stereocenters. The molecule has 0 aliphatic carbocycles. The van der Waals surface area contributed by atoms with E-state index in [0.29, 0.717) is 12.8 Å². The molecule has 440 valence electrons. The summed E-state index contributed by atoms with van der Waals surface area (Å²) >= 11 is 0. The van der Waals surface area contributed by atoms with Crippen LogP contribution in [0.2, 0.25) is 0 Å². The number of ether oxygens (including phenoxy) is 2. The smallest absolute Gasteiger partial charge is 0.306 e. The number of hydrogen-bond acceptors (Lipinski definition) is 5. The molecule has 0 saturated carbocycles. The minimum atomic E-state index is -0.772. The molecular weight excluding hydrogens is 933 g/mol. The van der Waals surface area contributed by atoms with Crippen LogP contribution in [0.25, 0.3) is 0 Å². The van der Waals surface area contributed by atoms with Gasteiger partial charge in [0.2, 0.25) is 0 Å². The summed E-state index contributed by atoms with van der Waals surface area (Å²) in [5, 5.41) is 9.68. The van der Waals surface area contributed by atoms with Crippen LogP contribution in [0.1, 0.15) is 335 Å². The SMILES string of the molecule is CC/C=C\C/C=C\C/C=C\C/C=C\C/C=C\C/C=C\C/C=C\CCCCCCCCCCCCCCCCCCCCCC(=O)OC(CO)COC(=O)CCCCCCCCCCCCCCCCCCCCCCC. The zero-order valence-electron chi connectivity index (χ0n) is 50.5. The molecule has 0 spiro atoms. The third-order valence-corrected chi connectivity index (χ3v) is 14.7. The maximum Gasteiger partial charge on any atom is 0.306 e. The van der Waals surface area contributed by atoms with Gasteiger partial charge in [0.15, 0.2) is 6.10 Å². The molecule has 0 aromatic carbocycles. The van der Waals surface area contributed by atoms with Crippen LogP contribution in [0, 0.1) is 0 Å². The summed E-state index contributed by atoms with van der Waals surface area (Å²) in [6.07, 6.45) is 93.2. The number of esters is 2. The van der Waals surface area contributed by atoms with Gasteiger partial charge in [-0.2, -0.15) is 0 Å². The van der Waals surface area contributed by atoms with Crippen molar-refractivity contribution in [3.63, 3.8) is 0 Å². The lowest BCUT2D eigenvalue weighted by atomic mass is 10.0. The van der Waals surface area contributed by atoms with E-state index < -0.39 is 6.10 Å². The molecule has 1 N–H and O–H groups in total. The predicted molar refractivity (Wildman–Crippen MR) is 334 cm³/mol. The summed E-state index contributed by atoms with van der Waals surface area (Å²) in [6.45, 7) is 4.07. The van der Waals surface area contributed by atoms with Crippen LogP contribution in [0.15, 0.2) is 85.1 Å². The second kappa shape index (κ2) is 66.4. The maximum absolute atomic E-state index is 12.3. The molecule has 0 aliphatic rings. The summed E-state index contributed by atoms with van der Waals surface area (Å²) in [6, 6.07) is 0. The van der Waals surface area contributed by atoms with Crippen molar-refractivity contribution in [2.75, 3.05) is 13.2 Å². The first-order valence-electron chi connectivity index (χ1n) is 33.1. The normalized spacial score (nSPS) is 12.7. The maximum atomic E-state index is 12.3. The van der Waals surface area contributed by atoms with Crippen LogP contribution in [-0.4, -0.2) is 36.4 Å². The molecule has 0 aromatic heterocycles. The van der Waals surface area contributed by atoms with E-state index in [4.69, 9.17) is 9.47 Å². The third-order valence-electron chi connectivity index (χ3n) is 14.7. The van der Waals surface area contributed by atoms with E-state index in [0.717, 1.165) is 77.0 Å². The van der Waals surface area contributed by atoms with E-state index in [1.807, 2.05) is 0 Å². The van der Waals surface area contributed by atoms with Crippen molar-refractivity contribution in [3.8, 4) is 0 Å². The van der Waals surface area contributed by atoms with Crippen LogP contribution in [0.5, 0.6) is 0 Å².